The van der Waals surface area contributed by atoms with Gasteiger partial charge in [0.05, 0.1) is 18.2 Å². The van der Waals surface area contributed by atoms with E-state index in [1.54, 1.807) is 13.8 Å². The van der Waals surface area contributed by atoms with Crippen LogP contribution >= 0.6 is 0 Å². The molecule has 2 atom stereocenters. The largest absolute Gasteiger partial charge is 0.444 e. The third kappa shape index (κ3) is 2.29. The van der Waals surface area contributed by atoms with E-state index in [-0.39, 0.29) is 11.7 Å². The van der Waals surface area contributed by atoms with Crippen LogP contribution < -0.4 is 4.90 Å². The molecule has 1 aliphatic rings. The van der Waals surface area contributed by atoms with Crippen LogP contribution in [0.1, 0.15) is 19.4 Å². The Morgan fingerprint density at radius 1 is 1.35 bits per heavy atom. The zero-order valence-corrected chi connectivity index (χ0v) is 10.7. The normalized spacial score (nSPS) is 22.6. The van der Waals surface area contributed by atoms with Crippen LogP contribution in [0.2, 0.25) is 0 Å². The van der Waals surface area contributed by atoms with Crippen LogP contribution in [0.3, 0.4) is 0 Å². The van der Waals surface area contributed by atoms with Crippen molar-refractivity contribution in [2.75, 3.05) is 4.90 Å². The first-order valence-electron chi connectivity index (χ1n) is 5.84. The van der Waals surface area contributed by atoms with E-state index in [0.29, 0.717) is 0 Å². The fourth-order valence-corrected chi connectivity index (χ4v) is 2.03. The summed E-state index contributed by atoms with van der Waals surface area (Å²) in [5.74, 6) is 0. The van der Waals surface area contributed by atoms with Crippen molar-refractivity contribution in [3.63, 3.8) is 0 Å². The molecule has 1 saturated heterocycles. The Morgan fingerprint density at radius 3 is 2.45 bits per heavy atom. The predicted octanol–water partition coefficient (Wildman–Crippen LogP) is 3.99. The van der Waals surface area contributed by atoms with Gasteiger partial charge in [-0.3, -0.25) is 4.90 Å². The van der Waals surface area contributed by atoms with Crippen LogP contribution in [-0.4, -0.2) is 18.2 Å². The molecule has 1 fully saturated rings. The molecule has 106 valence electrons. The summed E-state index contributed by atoms with van der Waals surface area (Å²) < 4.78 is 43.7. The molecule has 0 unspecified atom stereocenters. The second-order valence-corrected chi connectivity index (χ2v) is 4.51. The number of hydrogen-bond donors (Lipinski definition) is 0. The maximum Gasteiger partial charge on any atom is 0.415 e. The number of benzene rings is 1. The lowest BCUT2D eigenvalue weighted by Gasteiger charge is -2.21. The van der Waals surface area contributed by atoms with E-state index in [1.165, 1.54) is 6.07 Å². The van der Waals surface area contributed by atoms with Crippen molar-refractivity contribution in [3.05, 3.63) is 35.2 Å². The predicted molar refractivity (Wildman–Crippen MR) is 65.6 cm³/mol. The second kappa shape index (κ2) is 4.71. The zero-order valence-electron chi connectivity index (χ0n) is 10.7. The molecule has 1 heterocycles. The number of nitrogens with zero attached hydrogens (tertiary/aromatic N) is 2. The van der Waals surface area contributed by atoms with Crippen molar-refractivity contribution >= 4 is 17.5 Å². The van der Waals surface area contributed by atoms with Crippen molar-refractivity contribution in [2.24, 2.45) is 0 Å². The van der Waals surface area contributed by atoms with Gasteiger partial charge in [0, 0.05) is 5.69 Å². The lowest BCUT2D eigenvalue weighted by atomic mass is 10.1. The average Bonchev–Trinajstić information content (AvgIpc) is 2.61. The molecule has 0 radical (unpaired) electrons. The molecule has 0 aromatic heterocycles. The molecule has 20 heavy (non-hydrogen) atoms. The van der Waals surface area contributed by atoms with Gasteiger partial charge in [0.15, 0.2) is 5.69 Å². The SMILES string of the molecule is [C-]#[N+]c1ccc(N2C(=O)O[C@@H](C)[C@@H]2C)cc1C(F)(F)F. The first-order chi connectivity index (χ1) is 9.25. The molecule has 4 nitrogen and oxygen atoms in total. The summed E-state index contributed by atoms with van der Waals surface area (Å²) in [6.45, 7) is 10.1. The van der Waals surface area contributed by atoms with Crippen LogP contribution in [0.4, 0.5) is 29.3 Å². The molecule has 1 aromatic carbocycles. The monoisotopic (exact) mass is 284 g/mol. The lowest BCUT2D eigenvalue weighted by molar-refractivity contribution is -0.136. The fourth-order valence-electron chi connectivity index (χ4n) is 2.03. The van der Waals surface area contributed by atoms with E-state index in [4.69, 9.17) is 11.3 Å². The first-order valence-corrected chi connectivity index (χ1v) is 5.84. The minimum atomic E-state index is -4.64. The summed E-state index contributed by atoms with van der Waals surface area (Å²) in [5, 5.41) is 0. The molecule has 1 amide bonds. The lowest BCUT2D eigenvalue weighted by Crippen LogP contribution is -2.33. The van der Waals surface area contributed by atoms with Gasteiger partial charge < -0.3 is 4.74 Å². The zero-order chi connectivity index (χ0) is 15.1. The highest BCUT2D eigenvalue weighted by Crippen LogP contribution is 2.39. The molecular formula is C13H11F3N2O2. The first kappa shape index (κ1) is 14.2. The van der Waals surface area contributed by atoms with Gasteiger partial charge in [-0.15, -0.1) is 0 Å². The van der Waals surface area contributed by atoms with Gasteiger partial charge in [-0.05, 0) is 26.0 Å². The van der Waals surface area contributed by atoms with Gasteiger partial charge in [-0.2, -0.15) is 13.2 Å². The Labute approximate surface area is 113 Å². The highest BCUT2D eigenvalue weighted by molar-refractivity contribution is 5.91. The quantitative estimate of drug-likeness (QED) is 0.731. The van der Waals surface area contributed by atoms with E-state index in [2.05, 4.69) is 4.85 Å². The third-order valence-electron chi connectivity index (χ3n) is 3.25. The van der Waals surface area contributed by atoms with E-state index < -0.39 is 29.6 Å². The summed E-state index contributed by atoms with van der Waals surface area (Å²) in [5.41, 5.74) is -1.47. The topological polar surface area (TPSA) is 33.9 Å². The Kier molecular flexibility index (Phi) is 3.34. The smallest absolute Gasteiger partial charge is 0.415 e. The molecular weight excluding hydrogens is 273 g/mol. The van der Waals surface area contributed by atoms with Crippen molar-refractivity contribution in [1.29, 1.82) is 0 Å². The van der Waals surface area contributed by atoms with Crippen LogP contribution in [0, 0.1) is 6.57 Å². The summed E-state index contributed by atoms with van der Waals surface area (Å²) in [6, 6.07) is 2.82. The number of hydrogen-bond acceptors (Lipinski definition) is 2. The Bertz CT molecular complexity index is 592. The van der Waals surface area contributed by atoms with Gasteiger partial charge in [0.25, 0.3) is 0 Å². The van der Waals surface area contributed by atoms with Gasteiger partial charge in [-0.1, -0.05) is 6.07 Å². The number of carbonyl (C=O) groups excluding carboxylic acids is 1. The Morgan fingerprint density at radius 2 is 2.00 bits per heavy atom. The number of rotatable bonds is 1. The van der Waals surface area contributed by atoms with Crippen molar-refractivity contribution in [2.45, 2.75) is 32.2 Å². The summed E-state index contributed by atoms with van der Waals surface area (Å²) in [7, 11) is 0. The maximum atomic E-state index is 12.9. The Balaban J connectivity index is 2.50. The number of alkyl halides is 3. The van der Waals surface area contributed by atoms with Crippen LogP contribution in [-0.2, 0) is 10.9 Å². The summed E-state index contributed by atoms with van der Waals surface area (Å²) >= 11 is 0. The number of halogens is 3. The number of amides is 1. The van der Waals surface area contributed by atoms with Gasteiger partial charge in [0.1, 0.15) is 6.10 Å². The number of ether oxygens (including phenoxy) is 1. The number of cyclic esters (lactones) is 1. The third-order valence-corrected chi connectivity index (χ3v) is 3.25. The van der Waals surface area contributed by atoms with E-state index >= 15 is 0 Å². The fraction of sp³-hybridized carbons (Fsp3) is 0.385. The van der Waals surface area contributed by atoms with Crippen molar-refractivity contribution < 1.29 is 22.7 Å². The van der Waals surface area contributed by atoms with E-state index in [9.17, 15) is 18.0 Å². The number of carbonyl (C=O) groups is 1. The van der Waals surface area contributed by atoms with Crippen molar-refractivity contribution in [3.8, 4) is 0 Å². The maximum absolute atomic E-state index is 12.9. The molecule has 1 aromatic rings. The summed E-state index contributed by atoms with van der Waals surface area (Å²) in [4.78, 5) is 15.7. The average molecular weight is 284 g/mol. The second-order valence-electron chi connectivity index (χ2n) is 4.51. The van der Waals surface area contributed by atoms with Crippen LogP contribution in [0.5, 0.6) is 0 Å². The minimum Gasteiger partial charge on any atom is -0.444 e. The highest BCUT2D eigenvalue weighted by Gasteiger charge is 2.39. The van der Waals surface area contributed by atoms with E-state index in [1.807, 2.05) is 0 Å². The molecule has 2 rings (SSSR count). The molecule has 0 saturated carbocycles. The van der Waals surface area contributed by atoms with Crippen LogP contribution in [0.15, 0.2) is 18.2 Å². The standard InChI is InChI=1S/C13H11F3N2O2/c1-7-8(2)20-12(19)18(7)9-4-5-11(17-3)10(6-9)13(14,15)16/h4-8H,1-2H3/t7-,8-/m0/s1. The van der Waals surface area contributed by atoms with Gasteiger partial charge in [-0.25, -0.2) is 9.64 Å². The molecule has 0 N–H and O–H groups in total. The Hall–Kier alpha value is -2.23. The molecule has 0 bridgehead atoms. The van der Waals surface area contributed by atoms with Crippen LogP contribution in [0.25, 0.3) is 4.85 Å². The minimum absolute atomic E-state index is 0.0755. The number of anilines is 1. The highest BCUT2D eigenvalue weighted by atomic mass is 19.4. The molecule has 1 aliphatic heterocycles. The van der Waals surface area contributed by atoms with Gasteiger partial charge in [0.2, 0.25) is 0 Å². The summed E-state index contributed by atoms with van der Waals surface area (Å²) in [6.07, 6.45) is -5.74. The van der Waals surface area contributed by atoms with E-state index in [0.717, 1.165) is 17.0 Å². The van der Waals surface area contributed by atoms with Crippen molar-refractivity contribution in [1.82, 2.24) is 0 Å². The van der Waals surface area contributed by atoms with Gasteiger partial charge >= 0.3 is 12.3 Å². The molecule has 0 spiro atoms. The molecule has 0 aliphatic carbocycles. The molecule has 7 heteroatoms.